The van der Waals surface area contributed by atoms with Crippen LogP contribution in [0.25, 0.3) is 0 Å². The lowest BCUT2D eigenvalue weighted by Gasteiger charge is -2.32. The highest BCUT2D eigenvalue weighted by Crippen LogP contribution is 2.24. The lowest BCUT2D eigenvalue weighted by molar-refractivity contribution is 0.112. The molecule has 0 amide bonds. The fourth-order valence-corrected chi connectivity index (χ4v) is 2.02. The van der Waals surface area contributed by atoms with Crippen LogP contribution >= 0.6 is 0 Å². The average molecular weight is 223 g/mol. The molecule has 3 nitrogen and oxygen atoms in total. The van der Waals surface area contributed by atoms with Gasteiger partial charge in [0.15, 0.2) is 6.29 Å². The van der Waals surface area contributed by atoms with Gasteiger partial charge in [0.2, 0.25) is 0 Å². The molecule has 86 valence electrons. The normalized spacial score (nSPS) is 17.5. The van der Waals surface area contributed by atoms with Crippen molar-refractivity contribution >= 4 is 12.0 Å². The van der Waals surface area contributed by atoms with Crippen LogP contribution in [0, 0.1) is 5.82 Å². The van der Waals surface area contributed by atoms with E-state index in [4.69, 9.17) is 0 Å². The number of aldehydes is 1. The van der Waals surface area contributed by atoms with Gasteiger partial charge in [0.1, 0.15) is 5.82 Å². The van der Waals surface area contributed by atoms with Crippen molar-refractivity contribution in [1.82, 2.24) is 0 Å². The third-order valence-electron chi connectivity index (χ3n) is 2.95. The second-order valence-electron chi connectivity index (χ2n) is 4.01. The van der Waals surface area contributed by atoms with E-state index in [0.717, 1.165) is 0 Å². The van der Waals surface area contributed by atoms with Gasteiger partial charge in [0.25, 0.3) is 0 Å². The van der Waals surface area contributed by atoms with Crippen molar-refractivity contribution in [2.75, 3.05) is 18.0 Å². The quantitative estimate of drug-likeness (QED) is 0.774. The standard InChI is InChI=1S/C12H14FNO2/c13-11-2-1-3-12(10(11)8-15)14-6-4-9(16)5-7-14/h1-3,8-9,16H,4-7H2. The molecule has 16 heavy (non-hydrogen) atoms. The second kappa shape index (κ2) is 4.61. The first-order chi connectivity index (χ1) is 7.72. The third-order valence-corrected chi connectivity index (χ3v) is 2.95. The van der Waals surface area contributed by atoms with Gasteiger partial charge < -0.3 is 10.0 Å². The summed E-state index contributed by atoms with van der Waals surface area (Å²) in [5.74, 6) is -0.487. The molecular weight excluding hydrogens is 209 g/mol. The molecule has 1 aromatic carbocycles. The lowest BCUT2D eigenvalue weighted by Crippen LogP contribution is -2.36. The Morgan fingerprint density at radius 2 is 2.06 bits per heavy atom. The van der Waals surface area contributed by atoms with E-state index in [9.17, 15) is 14.3 Å². The van der Waals surface area contributed by atoms with Crippen molar-refractivity contribution in [2.45, 2.75) is 18.9 Å². The molecule has 1 fully saturated rings. The molecule has 0 unspecified atom stereocenters. The number of aliphatic hydroxyl groups excluding tert-OH is 1. The van der Waals surface area contributed by atoms with Gasteiger partial charge in [-0.05, 0) is 25.0 Å². The van der Waals surface area contributed by atoms with Crippen LogP contribution in [0.5, 0.6) is 0 Å². The first-order valence-electron chi connectivity index (χ1n) is 5.39. The number of nitrogens with zero attached hydrogens (tertiary/aromatic N) is 1. The van der Waals surface area contributed by atoms with Crippen molar-refractivity contribution in [3.63, 3.8) is 0 Å². The van der Waals surface area contributed by atoms with Crippen molar-refractivity contribution in [3.8, 4) is 0 Å². The zero-order valence-electron chi connectivity index (χ0n) is 8.90. The van der Waals surface area contributed by atoms with E-state index < -0.39 is 5.82 Å². The van der Waals surface area contributed by atoms with E-state index in [2.05, 4.69) is 0 Å². The topological polar surface area (TPSA) is 40.5 Å². The smallest absolute Gasteiger partial charge is 0.155 e. The van der Waals surface area contributed by atoms with E-state index in [1.54, 1.807) is 12.1 Å². The fourth-order valence-electron chi connectivity index (χ4n) is 2.02. The predicted molar refractivity (Wildman–Crippen MR) is 59.2 cm³/mol. The summed E-state index contributed by atoms with van der Waals surface area (Å²) in [6.07, 6.45) is 1.60. The zero-order valence-corrected chi connectivity index (χ0v) is 8.90. The maximum Gasteiger partial charge on any atom is 0.155 e. The van der Waals surface area contributed by atoms with E-state index in [1.165, 1.54) is 6.07 Å². The summed E-state index contributed by atoms with van der Waals surface area (Å²) in [6.45, 7) is 1.32. The van der Waals surface area contributed by atoms with Crippen LogP contribution in [0.3, 0.4) is 0 Å². The van der Waals surface area contributed by atoms with Crippen LogP contribution in [-0.4, -0.2) is 30.6 Å². The molecular formula is C12H14FNO2. The minimum atomic E-state index is -0.487. The van der Waals surface area contributed by atoms with Crippen LogP contribution in [0.2, 0.25) is 0 Å². The van der Waals surface area contributed by atoms with Crippen molar-refractivity contribution in [3.05, 3.63) is 29.6 Å². The Kier molecular flexibility index (Phi) is 3.19. The van der Waals surface area contributed by atoms with Gasteiger partial charge in [0.05, 0.1) is 17.4 Å². The number of anilines is 1. The Morgan fingerprint density at radius 1 is 1.38 bits per heavy atom. The van der Waals surface area contributed by atoms with Gasteiger partial charge >= 0.3 is 0 Å². The summed E-state index contributed by atoms with van der Waals surface area (Å²) in [6, 6.07) is 4.62. The third kappa shape index (κ3) is 2.07. The number of benzene rings is 1. The number of rotatable bonds is 2. The number of piperidine rings is 1. The largest absolute Gasteiger partial charge is 0.393 e. The maximum atomic E-state index is 13.4. The summed E-state index contributed by atoms with van der Waals surface area (Å²) in [5.41, 5.74) is 0.737. The first kappa shape index (κ1) is 11.1. The first-order valence-corrected chi connectivity index (χ1v) is 5.39. The number of halogens is 1. The van der Waals surface area contributed by atoms with E-state index >= 15 is 0 Å². The minimum Gasteiger partial charge on any atom is -0.393 e. The maximum absolute atomic E-state index is 13.4. The molecule has 0 saturated carbocycles. The highest BCUT2D eigenvalue weighted by molar-refractivity contribution is 5.85. The van der Waals surface area contributed by atoms with Crippen molar-refractivity contribution < 1.29 is 14.3 Å². The van der Waals surface area contributed by atoms with Crippen molar-refractivity contribution in [2.24, 2.45) is 0 Å². The number of carbonyl (C=O) groups is 1. The molecule has 1 aliphatic heterocycles. The summed E-state index contributed by atoms with van der Waals surface area (Å²) >= 11 is 0. The highest BCUT2D eigenvalue weighted by Gasteiger charge is 2.20. The molecule has 1 aromatic rings. The van der Waals surface area contributed by atoms with Crippen molar-refractivity contribution in [1.29, 1.82) is 0 Å². The predicted octanol–water partition coefficient (Wildman–Crippen LogP) is 1.60. The van der Waals surface area contributed by atoms with Gasteiger partial charge in [0, 0.05) is 13.1 Å². The number of aliphatic hydroxyl groups is 1. The van der Waals surface area contributed by atoms with Gasteiger partial charge in [-0.2, -0.15) is 0 Å². The molecule has 1 saturated heterocycles. The molecule has 0 aromatic heterocycles. The van der Waals surface area contributed by atoms with Crippen LogP contribution < -0.4 is 4.90 Å². The Hall–Kier alpha value is -1.42. The molecule has 1 N–H and O–H groups in total. The molecule has 4 heteroatoms. The Bertz CT molecular complexity index is 387. The Labute approximate surface area is 93.5 Å². The van der Waals surface area contributed by atoms with Crippen LogP contribution in [0.1, 0.15) is 23.2 Å². The molecule has 0 spiro atoms. The highest BCUT2D eigenvalue weighted by atomic mass is 19.1. The van der Waals surface area contributed by atoms with E-state index in [1.807, 2.05) is 4.90 Å². The summed E-state index contributed by atoms with van der Waals surface area (Å²) in [4.78, 5) is 12.8. The molecule has 1 aliphatic rings. The summed E-state index contributed by atoms with van der Waals surface area (Å²) in [7, 11) is 0. The van der Waals surface area contributed by atoms with Gasteiger partial charge in [-0.25, -0.2) is 4.39 Å². The zero-order chi connectivity index (χ0) is 11.5. The average Bonchev–Trinajstić information content (AvgIpc) is 2.30. The summed E-state index contributed by atoms with van der Waals surface area (Å²) in [5, 5.41) is 9.38. The van der Waals surface area contributed by atoms with Gasteiger partial charge in [-0.1, -0.05) is 6.07 Å². The SMILES string of the molecule is O=Cc1c(F)cccc1N1CCC(O)CC1. The molecule has 0 atom stereocenters. The van der Waals surface area contributed by atoms with Gasteiger partial charge in [-0.15, -0.1) is 0 Å². The number of hydrogen-bond acceptors (Lipinski definition) is 3. The lowest BCUT2D eigenvalue weighted by atomic mass is 10.1. The van der Waals surface area contributed by atoms with Crippen LogP contribution in [0.15, 0.2) is 18.2 Å². The number of carbonyl (C=O) groups excluding carboxylic acids is 1. The molecule has 0 aliphatic carbocycles. The minimum absolute atomic E-state index is 0.110. The van der Waals surface area contributed by atoms with Crippen LogP contribution in [-0.2, 0) is 0 Å². The second-order valence-corrected chi connectivity index (χ2v) is 4.01. The van der Waals surface area contributed by atoms with Crippen LogP contribution in [0.4, 0.5) is 10.1 Å². The Morgan fingerprint density at radius 3 is 2.69 bits per heavy atom. The molecule has 2 rings (SSSR count). The summed E-state index contributed by atoms with van der Waals surface area (Å²) < 4.78 is 13.4. The number of hydrogen-bond donors (Lipinski definition) is 1. The Balaban J connectivity index is 2.26. The monoisotopic (exact) mass is 223 g/mol. The molecule has 0 radical (unpaired) electrons. The molecule has 0 bridgehead atoms. The van der Waals surface area contributed by atoms with Gasteiger partial charge in [-0.3, -0.25) is 4.79 Å². The molecule has 1 heterocycles. The fraction of sp³-hybridized carbons (Fsp3) is 0.417. The van der Waals surface area contributed by atoms with E-state index in [0.29, 0.717) is 37.9 Å². The van der Waals surface area contributed by atoms with E-state index in [-0.39, 0.29) is 11.7 Å².